The fourth-order valence-corrected chi connectivity index (χ4v) is 5.21. The number of nitrogens with zero attached hydrogens (tertiary/aromatic N) is 3. The summed E-state index contributed by atoms with van der Waals surface area (Å²) in [7, 11) is 0. The van der Waals surface area contributed by atoms with Gasteiger partial charge in [-0.05, 0) is 51.3 Å². The Bertz CT molecular complexity index is 779. The van der Waals surface area contributed by atoms with E-state index in [1.807, 2.05) is 24.3 Å². The number of hydrogen-bond donors (Lipinski definition) is 0. The molecular weight excluding hydrogens is 378 g/mol. The van der Waals surface area contributed by atoms with E-state index in [-0.39, 0.29) is 5.92 Å². The molecule has 0 saturated carbocycles. The van der Waals surface area contributed by atoms with E-state index in [4.69, 9.17) is 16.6 Å². The van der Waals surface area contributed by atoms with Gasteiger partial charge in [-0.25, -0.2) is 4.98 Å². The second-order valence-electron chi connectivity index (χ2n) is 7.56. The quantitative estimate of drug-likeness (QED) is 0.743. The Morgan fingerprint density at radius 3 is 2.59 bits per heavy atom. The minimum Gasteiger partial charge on any atom is -0.342 e. The number of carbonyl (C=O) groups is 1. The molecule has 3 heterocycles. The highest BCUT2D eigenvalue weighted by Gasteiger charge is 2.29. The molecule has 2 fully saturated rings. The van der Waals surface area contributed by atoms with Gasteiger partial charge < -0.3 is 4.90 Å². The maximum atomic E-state index is 12.7. The van der Waals surface area contributed by atoms with Crippen molar-refractivity contribution in [2.45, 2.75) is 38.6 Å². The molecule has 0 radical (unpaired) electrons. The van der Waals surface area contributed by atoms with Crippen molar-refractivity contribution in [2.24, 2.45) is 5.92 Å². The summed E-state index contributed by atoms with van der Waals surface area (Å²) >= 11 is 7.94. The summed E-state index contributed by atoms with van der Waals surface area (Å²) in [5, 5.41) is 3.85. The van der Waals surface area contributed by atoms with E-state index in [9.17, 15) is 4.79 Å². The highest BCUT2D eigenvalue weighted by molar-refractivity contribution is 7.13. The highest BCUT2D eigenvalue weighted by atomic mass is 35.5. The molecule has 1 aromatic heterocycles. The summed E-state index contributed by atoms with van der Waals surface area (Å²) in [6, 6.07) is 7.85. The number of thiazole rings is 1. The number of likely N-dealkylation sites (tertiary alicyclic amines) is 2. The lowest BCUT2D eigenvalue weighted by Gasteiger charge is -2.35. The Morgan fingerprint density at radius 2 is 1.85 bits per heavy atom. The standard InChI is InChI=1S/C21H26ClN3OS/c22-19-7-3-2-6-18(19)20-23-17(15-27-20)14-24-12-8-16(9-13-24)21(26)25-10-4-1-5-11-25/h2-3,6-7,15-16H,1,4-5,8-14H2. The molecule has 0 unspecified atom stereocenters. The predicted octanol–water partition coefficient (Wildman–Crippen LogP) is 4.69. The SMILES string of the molecule is O=C(C1CCN(Cc2csc(-c3ccccc3Cl)n2)CC1)N1CCCCC1. The third-order valence-corrected chi connectivity index (χ3v) is 6.90. The molecular formula is C21H26ClN3OS. The minimum atomic E-state index is 0.216. The Kier molecular flexibility index (Phi) is 6.11. The molecule has 0 aliphatic carbocycles. The van der Waals surface area contributed by atoms with Gasteiger partial charge in [0.05, 0.1) is 10.7 Å². The predicted molar refractivity (Wildman–Crippen MR) is 111 cm³/mol. The third-order valence-electron chi connectivity index (χ3n) is 5.65. The molecule has 144 valence electrons. The fraction of sp³-hybridized carbons (Fsp3) is 0.524. The van der Waals surface area contributed by atoms with Gasteiger partial charge in [-0.1, -0.05) is 29.8 Å². The van der Waals surface area contributed by atoms with Crippen molar-refractivity contribution >= 4 is 28.8 Å². The number of aromatic nitrogens is 1. The van der Waals surface area contributed by atoms with Crippen molar-refractivity contribution in [3.05, 3.63) is 40.4 Å². The second-order valence-corrected chi connectivity index (χ2v) is 8.83. The first-order valence-corrected chi connectivity index (χ1v) is 11.2. The van der Waals surface area contributed by atoms with Crippen LogP contribution in [0.25, 0.3) is 10.6 Å². The summed E-state index contributed by atoms with van der Waals surface area (Å²) in [5.41, 5.74) is 2.09. The molecule has 2 aliphatic heterocycles. The zero-order chi connectivity index (χ0) is 18.6. The van der Waals surface area contributed by atoms with Crippen LogP contribution in [-0.2, 0) is 11.3 Å². The van der Waals surface area contributed by atoms with E-state index < -0.39 is 0 Å². The van der Waals surface area contributed by atoms with Crippen molar-refractivity contribution in [1.82, 2.24) is 14.8 Å². The van der Waals surface area contributed by atoms with E-state index in [1.54, 1.807) is 11.3 Å². The Balaban J connectivity index is 1.31. The Hall–Kier alpha value is -1.43. The fourth-order valence-electron chi connectivity index (χ4n) is 4.08. The summed E-state index contributed by atoms with van der Waals surface area (Å²) in [6.45, 7) is 4.73. The molecule has 1 aromatic carbocycles. The van der Waals surface area contributed by atoms with E-state index in [1.165, 1.54) is 19.3 Å². The molecule has 1 amide bonds. The zero-order valence-electron chi connectivity index (χ0n) is 15.6. The van der Waals surface area contributed by atoms with Gasteiger partial charge in [0, 0.05) is 36.5 Å². The van der Waals surface area contributed by atoms with Crippen LogP contribution in [0.2, 0.25) is 5.02 Å². The monoisotopic (exact) mass is 403 g/mol. The molecule has 4 nitrogen and oxygen atoms in total. The van der Waals surface area contributed by atoms with Gasteiger partial charge in [0.15, 0.2) is 0 Å². The van der Waals surface area contributed by atoms with Crippen LogP contribution in [0.1, 0.15) is 37.8 Å². The van der Waals surface area contributed by atoms with Crippen molar-refractivity contribution in [2.75, 3.05) is 26.2 Å². The number of rotatable bonds is 4. The molecule has 2 aliphatic rings. The van der Waals surface area contributed by atoms with E-state index >= 15 is 0 Å². The first-order chi connectivity index (χ1) is 13.2. The summed E-state index contributed by atoms with van der Waals surface area (Å²) in [4.78, 5) is 22.0. The van der Waals surface area contributed by atoms with Crippen LogP contribution in [0, 0.1) is 5.92 Å². The molecule has 2 saturated heterocycles. The maximum Gasteiger partial charge on any atom is 0.225 e. The van der Waals surface area contributed by atoms with E-state index in [2.05, 4.69) is 15.2 Å². The lowest BCUT2D eigenvalue weighted by Crippen LogP contribution is -2.44. The van der Waals surface area contributed by atoms with Gasteiger partial charge in [-0.15, -0.1) is 11.3 Å². The molecule has 27 heavy (non-hydrogen) atoms. The summed E-state index contributed by atoms with van der Waals surface area (Å²) in [6.07, 6.45) is 5.55. The van der Waals surface area contributed by atoms with Crippen LogP contribution in [0.3, 0.4) is 0 Å². The van der Waals surface area contributed by atoms with Crippen molar-refractivity contribution < 1.29 is 4.79 Å². The second kappa shape index (κ2) is 8.72. The number of halogens is 1. The number of hydrogen-bond acceptors (Lipinski definition) is 4. The number of benzene rings is 1. The molecule has 0 N–H and O–H groups in total. The van der Waals surface area contributed by atoms with Crippen LogP contribution >= 0.6 is 22.9 Å². The third kappa shape index (κ3) is 4.53. The first-order valence-electron chi connectivity index (χ1n) is 9.91. The lowest BCUT2D eigenvalue weighted by atomic mass is 9.94. The van der Waals surface area contributed by atoms with Crippen LogP contribution in [0.5, 0.6) is 0 Å². The number of piperidine rings is 2. The Morgan fingerprint density at radius 1 is 1.11 bits per heavy atom. The molecule has 2 aromatic rings. The van der Waals surface area contributed by atoms with Crippen molar-refractivity contribution in [3.63, 3.8) is 0 Å². The highest BCUT2D eigenvalue weighted by Crippen LogP contribution is 2.31. The number of amides is 1. The average molecular weight is 404 g/mol. The minimum absolute atomic E-state index is 0.216. The molecule has 0 atom stereocenters. The molecule has 0 bridgehead atoms. The summed E-state index contributed by atoms with van der Waals surface area (Å²) < 4.78 is 0. The average Bonchev–Trinajstić information content (AvgIpc) is 3.17. The Labute approximate surface area is 170 Å². The van der Waals surface area contributed by atoms with E-state index in [0.717, 1.165) is 66.9 Å². The van der Waals surface area contributed by atoms with Gasteiger partial charge >= 0.3 is 0 Å². The molecule has 0 spiro atoms. The van der Waals surface area contributed by atoms with Gasteiger partial charge in [0.25, 0.3) is 0 Å². The first kappa shape index (κ1) is 18.9. The van der Waals surface area contributed by atoms with Gasteiger partial charge in [0.2, 0.25) is 5.91 Å². The van der Waals surface area contributed by atoms with Gasteiger partial charge in [-0.3, -0.25) is 9.69 Å². The van der Waals surface area contributed by atoms with Crippen LogP contribution in [0.15, 0.2) is 29.6 Å². The van der Waals surface area contributed by atoms with Crippen LogP contribution in [0.4, 0.5) is 0 Å². The summed E-state index contributed by atoms with van der Waals surface area (Å²) in [5.74, 6) is 0.609. The van der Waals surface area contributed by atoms with Crippen molar-refractivity contribution in [3.8, 4) is 10.6 Å². The van der Waals surface area contributed by atoms with E-state index in [0.29, 0.717) is 5.91 Å². The number of carbonyl (C=O) groups excluding carboxylic acids is 1. The normalized spacial score (nSPS) is 19.4. The smallest absolute Gasteiger partial charge is 0.225 e. The molecule has 6 heteroatoms. The molecule has 4 rings (SSSR count). The van der Waals surface area contributed by atoms with Crippen molar-refractivity contribution in [1.29, 1.82) is 0 Å². The lowest BCUT2D eigenvalue weighted by molar-refractivity contribution is -0.138. The maximum absolute atomic E-state index is 12.7. The van der Waals surface area contributed by atoms with Crippen LogP contribution in [-0.4, -0.2) is 46.9 Å². The zero-order valence-corrected chi connectivity index (χ0v) is 17.1. The van der Waals surface area contributed by atoms with Crippen LogP contribution < -0.4 is 0 Å². The largest absolute Gasteiger partial charge is 0.342 e. The van der Waals surface area contributed by atoms with Gasteiger partial charge in [-0.2, -0.15) is 0 Å². The van der Waals surface area contributed by atoms with Gasteiger partial charge in [0.1, 0.15) is 5.01 Å². The topological polar surface area (TPSA) is 36.4 Å².